The molecule has 0 bridgehead atoms. The molecule has 206 valence electrons. The van der Waals surface area contributed by atoms with Gasteiger partial charge in [0, 0.05) is 18.2 Å². The first-order chi connectivity index (χ1) is 18.3. The molecule has 3 aliphatic rings. The van der Waals surface area contributed by atoms with Gasteiger partial charge in [-0.25, -0.2) is 0 Å². The van der Waals surface area contributed by atoms with Gasteiger partial charge in [0.25, 0.3) is 5.91 Å². The lowest BCUT2D eigenvalue weighted by molar-refractivity contribution is -0.144. The van der Waals surface area contributed by atoms with Crippen LogP contribution in [0.2, 0.25) is 0 Å². The van der Waals surface area contributed by atoms with Gasteiger partial charge in [0.15, 0.2) is 0 Å². The number of esters is 1. The zero-order valence-electron chi connectivity index (χ0n) is 22.0. The van der Waals surface area contributed by atoms with E-state index in [4.69, 9.17) is 4.74 Å². The van der Waals surface area contributed by atoms with Gasteiger partial charge in [-0.1, -0.05) is 25.0 Å². The highest BCUT2D eigenvalue weighted by Gasteiger charge is 2.43. The van der Waals surface area contributed by atoms with Crippen molar-refractivity contribution in [1.29, 1.82) is 0 Å². The summed E-state index contributed by atoms with van der Waals surface area (Å²) in [6, 6.07) is 4.88. The molecule has 1 aromatic carbocycles. The maximum absolute atomic E-state index is 13.5. The second kappa shape index (κ2) is 12.4. The van der Waals surface area contributed by atoms with Crippen LogP contribution in [0.1, 0.15) is 67.8 Å². The Labute approximate surface area is 222 Å². The van der Waals surface area contributed by atoms with Crippen LogP contribution in [-0.2, 0) is 30.5 Å². The number of cyclic esters (lactones) is 1. The Bertz CT molecular complexity index is 1080. The minimum Gasteiger partial charge on any atom is -0.463 e. The highest BCUT2D eigenvalue weighted by molar-refractivity contribution is 5.95. The Balaban J connectivity index is 1.37. The van der Waals surface area contributed by atoms with Crippen LogP contribution in [0.4, 0.5) is 0 Å². The Kier molecular flexibility index (Phi) is 8.98. The monoisotopic (exact) mass is 527 g/mol. The van der Waals surface area contributed by atoms with Gasteiger partial charge in [0.05, 0.1) is 18.5 Å². The van der Waals surface area contributed by atoms with Gasteiger partial charge in [0.2, 0.25) is 17.7 Å². The molecule has 3 heterocycles. The van der Waals surface area contributed by atoms with Gasteiger partial charge in [-0.2, -0.15) is 0 Å². The summed E-state index contributed by atoms with van der Waals surface area (Å²) in [6.07, 6.45) is 4.65. The SMILES string of the molecule is CNC(C)C(=O)NC1CCCCC2CCC(C(=O)NCc3cccc(C(=O)NC4COC(=O)C4)c3)N2C1=O. The smallest absolute Gasteiger partial charge is 0.308 e. The van der Waals surface area contributed by atoms with E-state index in [0.29, 0.717) is 18.4 Å². The number of hydrogen-bond donors (Lipinski definition) is 4. The number of hydrogen-bond acceptors (Lipinski definition) is 7. The van der Waals surface area contributed by atoms with Crippen LogP contribution in [0.3, 0.4) is 0 Å². The zero-order chi connectivity index (χ0) is 27.2. The Morgan fingerprint density at radius 3 is 2.61 bits per heavy atom. The summed E-state index contributed by atoms with van der Waals surface area (Å²) in [5.74, 6) is -1.32. The number of nitrogens with zero attached hydrogens (tertiary/aromatic N) is 1. The molecule has 3 aliphatic heterocycles. The van der Waals surface area contributed by atoms with Crippen molar-refractivity contribution in [2.45, 2.75) is 88.6 Å². The molecule has 0 spiro atoms. The molecule has 3 fully saturated rings. The number of carbonyl (C=O) groups is 5. The molecule has 0 saturated carbocycles. The van der Waals surface area contributed by atoms with Crippen molar-refractivity contribution in [1.82, 2.24) is 26.2 Å². The lowest BCUT2D eigenvalue weighted by Crippen LogP contribution is -2.57. The second-order valence-corrected chi connectivity index (χ2v) is 10.3. The van der Waals surface area contributed by atoms with E-state index in [-0.39, 0.29) is 61.3 Å². The zero-order valence-corrected chi connectivity index (χ0v) is 22.0. The van der Waals surface area contributed by atoms with E-state index >= 15 is 0 Å². The molecule has 5 atom stereocenters. The first-order valence-electron chi connectivity index (χ1n) is 13.4. The maximum atomic E-state index is 13.5. The summed E-state index contributed by atoms with van der Waals surface area (Å²) in [5, 5.41) is 11.5. The lowest BCUT2D eigenvalue weighted by atomic mass is 9.98. The summed E-state index contributed by atoms with van der Waals surface area (Å²) in [4.78, 5) is 64.8. The number of carbonyl (C=O) groups excluding carboxylic acids is 5. The third-order valence-corrected chi connectivity index (χ3v) is 7.63. The standard InChI is InChI=1S/C27H37N5O6/c1-16(28-2)24(34)31-21-9-4-3-8-20-10-11-22(32(20)27(21)37)26(36)29-14-17-6-5-7-18(12-17)25(35)30-19-13-23(33)38-15-19/h5-7,12,16,19-22,28H,3-4,8-11,13-15H2,1-2H3,(H,29,36)(H,30,35)(H,31,34). The molecule has 3 saturated heterocycles. The molecule has 4 N–H and O–H groups in total. The van der Waals surface area contributed by atoms with Crippen molar-refractivity contribution in [2.24, 2.45) is 0 Å². The van der Waals surface area contributed by atoms with Gasteiger partial charge in [-0.05, 0) is 57.4 Å². The van der Waals surface area contributed by atoms with Gasteiger partial charge >= 0.3 is 5.97 Å². The molecule has 0 radical (unpaired) electrons. The van der Waals surface area contributed by atoms with E-state index < -0.39 is 18.1 Å². The second-order valence-electron chi connectivity index (χ2n) is 10.3. The van der Waals surface area contributed by atoms with Crippen LogP contribution in [0.15, 0.2) is 24.3 Å². The van der Waals surface area contributed by atoms with Gasteiger partial charge in [-0.15, -0.1) is 0 Å². The normalized spacial score (nSPS) is 26.0. The van der Waals surface area contributed by atoms with Crippen molar-refractivity contribution in [3.63, 3.8) is 0 Å². The molecule has 5 unspecified atom stereocenters. The predicted octanol–water partition coefficient (Wildman–Crippen LogP) is 0.374. The van der Waals surface area contributed by atoms with Crippen LogP contribution < -0.4 is 21.3 Å². The first kappa shape index (κ1) is 27.6. The van der Waals surface area contributed by atoms with Gasteiger partial charge in [-0.3, -0.25) is 24.0 Å². The molecule has 11 nitrogen and oxygen atoms in total. The molecule has 11 heteroatoms. The Hall–Kier alpha value is -3.47. The number of amides is 4. The van der Waals surface area contributed by atoms with Crippen LogP contribution in [-0.4, -0.2) is 78.4 Å². The number of ether oxygens (including phenoxy) is 1. The molecular formula is C27H37N5O6. The molecule has 0 aromatic heterocycles. The summed E-state index contributed by atoms with van der Waals surface area (Å²) in [7, 11) is 1.69. The minimum atomic E-state index is -0.648. The molecule has 4 rings (SSSR count). The average Bonchev–Trinajstić information content (AvgIpc) is 3.52. The predicted molar refractivity (Wildman–Crippen MR) is 138 cm³/mol. The van der Waals surface area contributed by atoms with Crippen molar-refractivity contribution < 1.29 is 28.7 Å². The van der Waals surface area contributed by atoms with Gasteiger partial charge in [0.1, 0.15) is 18.7 Å². The summed E-state index contributed by atoms with van der Waals surface area (Å²) in [6.45, 7) is 2.10. The molecular weight excluding hydrogens is 490 g/mol. The minimum absolute atomic E-state index is 0.0156. The lowest BCUT2D eigenvalue weighted by Gasteiger charge is -2.35. The van der Waals surface area contributed by atoms with E-state index in [2.05, 4.69) is 21.3 Å². The van der Waals surface area contributed by atoms with Crippen molar-refractivity contribution in [3.05, 3.63) is 35.4 Å². The number of nitrogens with one attached hydrogen (secondary N) is 4. The van der Waals surface area contributed by atoms with Crippen LogP contribution >= 0.6 is 0 Å². The fourth-order valence-electron chi connectivity index (χ4n) is 5.35. The molecule has 0 aliphatic carbocycles. The number of fused-ring (bicyclic) bond motifs is 1. The number of benzene rings is 1. The first-order valence-corrected chi connectivity index (χ1v) is 13.4. The van der Waals surface area contributed by atoms with Crippen LogP contribution in [0.5, 0.6) is 0 Å². The van der Waals surface area contributed by atoms with E-state index in [1.54, 1.807) is 37.1 Å². The quantitative estimate of drug-likeness (QED) is 0.358. The average molecular weight is 528 g/mol. The maximum Gasteiger partial charge on any atom is 0.308 e. The van der Waals surface area contributed by atoms with E-state index in [1.165, 1.54) is 0 Å². The number of likely N-dealkylation sites (N-methyl/N-ethyl adjacent to an activating group) is 1. The van der Waals surface area contributed by atoms with Crippen molar-refractivity contribution >= 4 is 29.6 Å². The number of rotatable bonds is 8. The van der Waals surface area contributed by atoms with E-state index in [1.807, 2.05) is 6.07 Å². The Morgan fingerprint density at radius 2 is 1.87 bits per heavy atom. The topological polar surface area (TPSA) is 146 Å². The summed E-state index contributed by atoms with van der Waals surface area (Å²) in [5.41, 5.74) is 1.16. The molecule has 4 amide bonds. The van der Waals surface area contributed by atoms with Crippen LogP contribution in [0, 0.1) is 0 Å². The fraction of sp³-hybridized carbons (Fsp3) is 0.593. The molecule has 38 heavy (non-hydrogen) atoms. The third-order valence-electron chi connectivity index (χ3n) is 7.63. The van der Waals surface area contributed by atoms with E-state index in [0.717, 1.165) is 31.2 Å². The van der Waals surface area contributed by atoms with Crippen LogP contribution in [0.25, 0.3) is 0 Å². The highest BCUT2D eigenvalue weighted by atomic mass is 16.5. The van der Waals surface area contributed by atoms with Gasteiger partial charge < -0.3 is 30.9 Å². The molecule has 1 aromatic rings. The summed E-state index contributed by atoms with van der Waals surface area (Å²) >= 11 is 0. The largest absolute Gasteiger partial charge is 0.463 e. The van der Waals surface area contributed by atoms with Crippen molar-refractivity contribution in [3.8, 4) is 0 Å². The fourth-order valence-corrected chi connectivity index (χ4v) is 5.35. The third kappa shape index (κ3) is 6.50. The summed E-state index contributed by atoms with van der Waals surface area (Å²) < 4.78 is 4.89. The highest BCUT2D eigenvalue weighted by Crippen LogP contribution is 2.31. The van der Waals surface area contributed by atoms with E-state index in [9.17, 15) is 24.0 Å². The Morgan fingerprint density at radius 1 is 1.08 bits per heavy atom. The van der Waals surface area contributed by atoms with Crippen molar-refractivity contribution in [2.75, 3.05) is 13.7 Å².